The van der Waals surface area contributed by atoms with Crippen LogP contribution in [0.1, 0.15) is 21.6 Å². The van der Waals surface area contributed by atoms with Gasteiger partial charge in [-0.3, -0.25) is 4.79 Å². The van der Waals surface area contributed by atoms with Crippen molar-refractivity contribution in [1.82, 2.24) is 9.97 Å². The van der Waals surface area contributed by atoms with Crippen LogP contribution in [0, 0.1) is 6.92 Å². The van der Waals surface area contributed by atoms with Crippen LogP contribution in [0.4, 0.5) is 30.5 Å². The number of amides is 1. The fourth-order valence-electron chi connectivity index (χ4n) is 2.42. The van der Waals surface area contributed by atoms with Crippen LogP contribution < -0.4 is 10.6 Å². The molecule has 1 heterocycles. The molecule has 5 nitrogen and oxygen atoms in total. The van der Waals surface area contributed by atoms with Crippen LogP contribution in [0.3, 0.4) is 0 Å². The van der Waals surface area contributed by atoms with Crippen LogP contribution in [0.15, 0.2) is 60.8 Å². The Labute approximate surface area is 153 Å². The predicted octanol–water partition coefficient (Wildman–Crippen LogP) is 4.80. The Hall–Kier alpha value is -3.42. The minimum absolute atomic E-state index is 0.0582. The molecule has 0 atom stereocenters. The van der Waals surface area contributed by atoms with E-state index in [1.165, 1.54) is 30.5 Å². The van der Waals surface area contributed by atoms with E-state index in [0.29, 0.717) is 0 Å². The molecule has 0 aliphatic rings. The van der Waals surface area contributed by atoms with Gasteiger partial charge in [0.1, 0.15) is 5.69 Å². The van der Waals surface area contributed by atoms with Gasteiger partial charge in [0.25, 0.3) is 5.91 Å². The van der Waals surface area contributed by atoms with E-state index in [9.17, 15) is 18.0 Å². The third-order valence-corrected chi connectivity index (χ3v) is 3.64. The first kappa shape index (κ1) is 18.4. The first-order valence-corrected chi connectivity index (χ1v) is 7.97. The highest BCUT2D eigenvalue weighted by Crippen LogP contribution is 2.34. The molecule has 3 aromatic rings. The van der Waals surface area contributed by atoms with Gasteiger partial charge in [0, 0.05) is 11.9 Å². The zero-order valence-corrected chi connectivity index (χ0v) is 14.2. The van der Waals surface area contributed by atoms with E-state index in [1.807, 2.05) is 31.2 Å². The van der Waals surface area contributed by atoms with Crippen LogP contribution in [0.25, 0.3) is 0 Å². The fourth-order valence-corrected chi connectivity index (χ4v) is 2.42. The molecule has 138 valence electrons. The lowest BCUT2D eigenvalue weighted by atomic mass is 10.1. The standard InChI is InChI=1S/C19H15F3N4O/c1-12-5-4-6-13(11-12)24-18-23-10-9-16(26-18)17(27)25-15-8-3-2-7-14(15)19(20,21)22/h2-11H,1H3,(H,25,27)(H,23,24,26). The fraction of sp³-hybridized carbons (Fsp3) is 0.105. The van der Waals surface area contributed by atoms with Gasteiger partial charge in [0.15, 0.2) is 0 Å². The smallest absolute Gasteiger partial charge is 0.324 e. The number of para-hydroxylation sites is 1. The quantitative estimate of drug-likeness (QED) is 0.690. The summed E-state index contributed by atoms with van der Waals surface area (Å²) in [7, 11) is 0. The van der Waals surface area contributed by atoms with Gasteiger partial charge < -0.3 is 10.6 Å². The summed E-state index contributed by atoms with van der Waals surface area (Å²) in [5.41, 5.74) is 0.442. The number of rotatable bonds is 4. The van der Waals surface area contributed by atoms with Crippen molar-refractivity contribution < 1.29 is 18.0 Å². The van der Waals surface area contributed by atoms with Crippen molar-refractivity contribution in [1.29, 1.82) is 0 Å². The van der Waals surface area contributed by atoms with Crippen LogP contribution in [0.5, 0.6) is 0 Å². The van der Waals surface area contributed by atoms with Crippen LogP contribution in [-0.2, 0) is 6.18 Å². The van der Waals surface area contributed by atoms with Crippen molar-refractivity contribution in [3.05, 3.63) is 77.6 Å². The number of halogens is 3. The summed E-state index contributed by atoms with van der Waals surface area (Å²) < 4.78 is 39.2. The molecule has 0 aliphatic heterocycles. The largest absolute Gasteiger partial charge is 0.418 e. The van der Waals surface area contributed by atoms with Crippen LogP contribution >= 0.6 is 0 Å². The van der Waals surface area contributed by atoms with E-state index in [1.54, 1.807) is 0 Å². The lowest BCUT2D eigenvalue weighted by Gasteiger charge is -2.13. The second-order valence-corrected chi connectivity index (χ2v) is 5.76. The maximum Gasteiger partial charge on any atom is 0.418 e. The Balaban J connectivity index is 1.81. The SMILES string of the molecule is Cc1cccc(Nc2nccc(C(=O)Nc3ccccc3C(F)(F)F)n2)c1. The van der Waals surface area contributed by atoms with Crippen LogP contribution in [-0.4, -0.2) is 15.9 Å². The number of aromatic nitrogens is 2. The van der Waals surface area contributed by atoms with Crippen molar-refractivity contribution in [3.8, 4) is 0 Å². The molecule has 2 N–H and O–H groups in total. The molecular weight excluding hydrogens is 357 g/mol. The van der Waals surface area contributed by atoms with Gasteiger partial charge in [-0.15, -0.1) is 0 Å². The molecule has 1 amide bonds. The summed E-state index contributed by atoms with van der Waals surface area (Å²) in [6.45, 7) is 1.92. The molecule has 0 aliphatic carbocycles. The highest BCUT2D eigenvalue weighted by molar-refractivity contribution is 6.03. The summed E-state index contributed by atoms with van der Waals surface area (Å²) in [6, 6.07) is 13.5. The Morgan fingerprint density at radius 3 is 2.56 bits per heavy atom. The summed E-state index contributed by atoms with van der Waals surface area (Å²) in [6.07, 6.45) is -3.22. The van der Waals surface area contributed by atoms with E-state index in [4.69, 9.17) is 0 Å². The van der Waals surface area contributed by atoms with Gasteiger partial charge in [0.05, 0.1) is 11.3 Å². The molecular formula is C19H15F3N4O. The maximum atomic E-state index is 13.1. The molecule has 0 unspecified atom stereocenters. The molecule has 1 aromatic heterocycles. The van der Waals surface area contributed by atoms with Gasteiger partial charge in [-0.25, -0.2) is 9.97 Å². The van der Waals surface area contributed by atoms with Gasteiger partial charge in [0.2, 0.25) is 5.95 Å². The maximum absolute atomic E-state index is 13.1. The van der Waals surface area contributed by atoms with Crippen molar-refractivity contribution >= 4 is 23.2 Å². The molecule has 0 bridgehead atoms. The highest BCUT2D eigenvalue weighted by atomic mass is 19.4. The van der Waals surface area contributed by atoms with Crippen LogP contribution in [0.2, 0.25) is 0 Å². The molecule has 8 heteroatoms. The zero-order valence-electron chi connectivity index (χ0n) is 14.2. The molecule has 0 saturated heterocycles. The van der Waals surface area contributed by atoms with E-state index >= 15 is 0 Å². The first-order chi connectivity index (χ1) is 12.8. The lowest BCUT2D eigenvalue weighted by Crippen LogP contribution is -2.18. The molecule has 2 aromatic carbocycles. The lowest BCUT2D eigenvalue weighted by molar-refractivity contribution is -0.136. The molecule has 27 heavy (non-hydrogen) atoms. The Kier molecular flexibility index (Phi) is 5.07. The number of nitrogens with one attached hydrogen (secondary N) is 2. The second kappa shape index (κ2) is 7.45. The van der Waals surface area contributed by atoms with E-state index < -0.39 is 17.6 Å². The van der Waals surface area contributed by atoms with E-state index in [2.05, 4.69) is 20.6 Å². The van der Waals surface area contributed by atoms with Crippen molar-refractivity contribution in [3.63, 3.8) is 0 Å². The third kappa shape index (κ3) is 4.60. The Morgan fingerprint density at radius 1 is 1.04 bits per heavy atom. The Morgan fingerprint density at radius 2 is 1.81 bits per heavy atom. The second-order valence-electron chi connectivity index (χ2n) is 5.76. The van der Waals surface area contributed by atoms with E-state index in [0.717, 1.165) is 17.3 Å². The van der Waals surface area contributed by atoms with Crippen molar-refractivity contribution in [2.75, 3.05) is 10.6 Å². The van der Waals surface area contributed by atoms with Gasteiger partial charge in [-0.2, -0.15) is 13.2 Å². The van der Waals surface area contributed by atoms with Crippen molar-refractivity contribution in [2.45, 2.75) is 13.1 Å². The summed E-state index contributed by atoms with van der Waals surface area (Å²) in [4.78, 5) is 20.5. The molecule has 0 fully saturated rings. The number of alkyl halides is 3. The number of nitrogens with zero attached hydrogens (tertiary/aromatic N) is 2. The van der Waals surface area contributed by atoms with Gasteiger partial charge >= 0.3 is 6.18 Å². The average Bonchev–Trinajstić information content (AvgIpc) is 2.61. The minimum Gasteiger partial charge on any atom is -0.324 e. The number of hydrogen-bond donors (Lipinski definition) is 2. The zero-order chi connectivity index (χ0) is 19.4. The average molecular weight is 372 g/mol. The number of benzene rings is 2. The topological polar surface area (TPSA) is 66.9 Å². The van der Waals surface area contributed by atoms with Gasteiger partial charge in [-0.05, 0) is 42.8 Å². The molecule has 0 radical (unpaired) electrons. The predicted molar refractivity (Wildman–Crippen MR) is 95.9 cm³/mol. The summed E-state index contributed by atoms with van der Waals surface area (Å²) >= 11 is 0. The molecule has 0 spiro atoms. The number of carbonyl (C=O) groups excluding carboxylic acids is 1. The van der Waals surface area contributed by atoms with Gasteiger partial charge in [-0.1, -0.05) is 24.3 Å². The Bertz CT molecular complexity index is 973. The minimum atomic E-state index is -4.58. The number of carbonyl (C=O) groups is 1. The monoisotopic (exact) mass is 372 g/mol. The summed E-state index contributed by atoms with van der Waals surface area (Å²) in [5, 5.41) is 5.21. The summed E-state index contributed by atoms with van der Waals surface area (Å²) in [5.74, 6) is -0.598. The molecule has 3 rings (SSSR count). The van der Waals surface area contributed by atoms with Crippen molar-refractivity contribution in [2.24, 2.45) is 0 Å². The third-order valence-electron chi connectivity index (χ3n) is 3.64. The number of hydrogen-bond acceptors (Lipinski definition) is 4. The van der Waals surface area contributed by atoms with E-state index in [-0.39, 0.29) is 17.3 Å². The number of anilines is 3. The highest BCUT2D eigenvalue weighted by Gasteiger charge is 2.33. The number of aryl methyl sites for hydroxylation is 1. The normalized spacial score (nSPS) is 11.1. The molecule has 0 saturated carbocycles. The first-order valence-electron chi connectivity index (χ1n) is 7.97.